The first kappa shape index (κ1) is 16.0. The Morgan fingerprint density at radius 3 is 2.57 bits per heavy atom. The van der Waals surface area contributed by atoms with Crippen LogP contribution in [0.25, 0.3) is 0 Å². The molecular formula is C15H24N2O4. The van der Waals surface area contributed by atoms with Gasteiger partial charge in [-0.3, -0.25) is 9.80 Å². The van der Waals surface area contributed by atoms with E-state index < -0.39 is 5.97 Å². The molecule has 1 aromatic rings. The molecule has 0 bridgehead atoms. The van der Waals surface area contributed by atoms with Crippen LogP contribution in [-0.4, -0.2) is 67.3 Å². The molecule has 0 unspecified atom stereocenters. The second-order valence-electron chi connectivity index (χ2n) is 5.25. The molecule has 0 saturated carbocycles. The average molecular weight is 296 g/mol. The summed E-state index contributed by atoms with van der Waals surface area (Å²) in [5, 5.41) is 8.95. The summed E-state index contributed by atoms with van der Waals surface area (Å²) >= 11 is 0. The molecule has 21 heavy (non-hydrogen) atoms. The number of carbonyl (C=O) groups excluding carboxylic acids is 1. The minimum Gasteiger partial charge on any atom is -0.463 e. The van der Waals surface area contributed by atoms with Crippen LogP contribution in [0.3, 0.4) is 0 Å². The summed E-state index contributed by atoms with van der Waals surface area (Å²) in [6, 6.07) is 1.80. The van der Waals surface area contributed by atoms with Gasteiger partial charge in [-0.25, -0.2) is 4.79 Å². The number of nitrogens with zero attached hydrogens (tertiary/aromatic N) is 2. The van der Waals surface area contributed by atoms with Crippen LogP contribution in [0.5, 0.6) is 0 Å². The number of methoxy groups -OCH3 is 1. The number of ether oxygens (including phenoxy) is 1. The number of aryl methyl sites for hydroxylation is 1. The lowest BCUT2D eigenvalue weighted by molar-refractivity contribution is 0.0563. The van der Waals surface area contributed by atoms with E-state index in [0.717, 1.165) is 57.0 Å². The van der Waals surface area contributed by atoms with Crippen LogP contribution < -0.4 is 0 Å². The number of rotatable bonds is 6. The van der Waals surface area contributed by atoms with Crippen LogP contribution in [-0.2, 0) is 17.7 Å². The quantitative estimate of drug-likeness (QED) is 0.781. The summed E-state index contributed by atoms with van der Waals surface area (Å²) < 4.78 is 10.3. The molecular weight excluding hydrogens is 272 g/mol. The van der Waals surface area contributed by atoms with Gasteiger partial charge in [0.25, 0.3) is 0 Å². The smallest absolute Gasteiger partial charge is 0.373 e. The summed E-state index contributed by atoms with van der Waals surface area (Å²) in [6.45, 7) is 7.60. The fraction of sp³-hybridized carbons (Fsp3) is 0.667. The maximum absolute atomic E-state index is 11.5. The second-order valence-corrected chi connectivity index (χ2v) is 5.25. The number of aliphatic hydroxyl groups excluding tert-OH is 1. The predicted molar refractivity (Wildman–Crippen MR) is 78.2 cm³/mol. The van der Waals surface area contributed by atoms with Gasteiger partial charge in [0.15, 0.2) is 0 Å². The summed E-state index contributed by atoms with van der Waals surface area (Å²) in [5.41, 5.74) is 1.06. The Morgan fingerprint density at radius 2 is 2.00 bits per heavy atom. The Hall–Kier alpha value is -1.37. The van der Waals surface area contributed by atoms with Gasteiger partial charge in [-0.2, -0.15) is 0 Å². The van der Waals surface area contributed by atoms with Crippen LogP contribution in [0.15, 0.2) is 10.5 Å². The number of aliphatic hydroxyl groups is 1. The van der Waals surface area contributed by atoms with Crippen molar-refractivity contribution in [3.63, 3.8) is 0 Å². The van der Waals surface area contributed by atoms with Crippen molar-refractivity contribution in [3.05, 3.63) is 23.2 Å². The number of esters is 1. The Morgan fingerprint density at radius 1 is 1.33 bits per heavy atom. The zero-order valence-electron chi connectivity index (χ0n) is 12.8. The van der Waals surface area contributed by atoms with Gasteiger partial charge >= 0.3 is 5.97 Å². The van der Waals surface area contributed by atoms with E-state index in [1.807, 2.05) is 6.92 Å². The Kier molecular flexibility index (Phi) is 5.78. The van der Waals surface area contributed by atoms with E-state index in [4.69, 9.17) is 14.3 Å². The van der Waals surface area contributed by atoms with E-state index in [-0.39, 0.29) is 12.4 Å². The van der Waals surface area contributed by atoms with Crippen molar-refractivity contribution in [1.29, 1.82) is 0 Å². The molecule has 6 heteroatoms. The molecule has 0 aromatic carbocycles. The van der Waals surface area contributed by atoms with E-state index >= 15 is 0 Å². The normalized spacial score (nSPS) is 17.1. The monoisotopic (exact) mass is 296 g/mol. The van der Waals surface area contributed by atoms with Crippen molar-refractivity contribution in [2.45, 2.75) is 19.9 Å². The van der Waals surface area contributed by atoms with Gasteiger partial charge in [-0.1, -0.05) is 6.92 Å². The van der Waals surface area contributed by atoms with Crippen LogP contribution in [0.1, 0.15) is 28.8 Å². The number of hydrogen-bond acceptors (Lipinski definition) is 6. The highest BCUT2D eigenvalue weighted by molar-refractivity contribution is 5.86. The fourth-order valence-corrected chi connectivity index (χ4v) is 2.65. The van der Waals surface area contributed by atoms with Gasteiger partial charge < -0.3 is 14.3 Å². The first-order chi connectivity index (χ1) is 10.2. The van der Waals surface area contributed by atoms with Crippen molar-refractivity contribution < 1.29 is 19.1 Å². The number of hydrogen-bond donors (Lipinski definition) is 1. The van der Waals surface area contributed by atoms with Crippen LogP contribution in [0, 0.1) is 0 Å². The van der Waals surface area contributed by atoms with Gasteiger partial charge in [0.05, 0.1) is 13.7 Å². The van der Waals surface area contributed by atoms with Crippen molar-refractivity contribution in [3.8, 4) is 0 Å². The standard InChI is InChI=1S/C15H24N2O4/c1-3-13-12(10-14(21-13)15(19)20-2)11-17-6-4-16(5-7-17)8-9-18/h10,18H,3-9,11H2,1-2H3. The van der Waals surface area contributed by atoms with Crippen molar-refractivity contribution in [1.82, 2.24) is 9.80 Å². The van der Waals surface area contributed by atoms with Gasteiger partial charge in [-0.15, -0.1) is 0 Å². The van der Waals surface area contributed by atoms with Crippen molar-refractivity contribution in [2.24, 2.45) is 0 Å². The molecule has 118 valence electrons. The zero-order chi connectivity index (χ0) is 15.2. The number of piperazine rings is 1. The zero-order valence-corrected chi connectivity index (χ0v) is 12.8. The summed E-state index contributed by atoms with van der Waals surface area (Å²) in [6.07, 6.45) is 0.761. The molecule has 0 atom stereocenters. The van der Waals surface area contributed by atoms with E-state index in [2.05, 4.69) is 9.80 Å². The fourth-order valence-electron chi connectivity index (χ4n) is 2.65. The van der Waals surface area contributed by atoms with Gasteiger partial charge in [0, 0.05) is 51.3 Å². The van der Waals surface area contributed by atoms with Crippen molar-refractivity contribution >= 4 is 5.97 Å². The molecule has 0 radical (unpaired) electrons. The lowest BCUT2D eigenvalue weighted by atomic mass is 10.1. The van der Waals surface area contributed by atoms with E-state index in [1.165, 1.54) is 7.11 Å². The first-order valence-corrected chi connectivity index (χ1v) is 7.43. The largest absolute Gasteiger partial charge is 0.463 e. The summed E-state index contributed by atoms with van der Waals surface area (Å²) in [5.74, 6) is 0.708. The molecule has 1 N–H and O–H groups in total. The molecule has 0 spiro atoms. The Balaban J connectivity index is 1.96. The van der Waals surface area contributed by atoms with Gasteiger partial charge in [-0.05, 0) is 6.07 Å². The van der Waals surface area contributed by atoms with Gasteiger partial charge in [0.1, 0.15) is 5.76 Å². The molecule has 0 aliphatic carbocycles. The topological polar surface area (TPSA) is 66.2 Å². The lowest BCUT2D eigenvalue weighted by Gasteiger charge is -2.34. The van der Waals surface area contributed by atoms with Gasteiger partial charge in [0.2, 0.25) is 5.76 Å². The minimum absolute atomic E-state index is 0.213. The molecule has 1 aliphatic heterocycles. The molecule has 1 aromatic heterocycles. The lowest BCUT2D eigenvalue weighted by Crippen LogP contribution is -2.46. The third-order valence-corrected chi connectivity index (χ3v) is 3.88. The highest BCUT2D eigenvalue weighted by atomic mass is 16.5. The molecule has 0 amide bonds. The highest BCUT2D eigenvalue weighted by Crippen LogP contribution is 2.19. The molecule has 2 heterocycles. The molecule has 2 rings (SSSR count). The Bertz CT molecular complexity index is 464. The van der Waals surface area contributed by atoms with E-state index in [0.29, 0.717) is 0 Å². The van der Waals surface area contributed by atoms with Crippen molar-refractivity contribution in [2.75, 3.05) is 46.4 Å². The maximum atomic E-state index is 11.5. The third kappa shape index (κ3) is 4.06. The Labute approximate surface area is 125 Å². The number of furan rings is 1. The molecule has 1 fully saturated rings. The average Bonchev–Trinajstić information content (AvgIpc) is 2.91. The molecule has 6 nitrogen and oxygen atoms in total. The third-order valence-electron chi connectivity index (χ3n) is 3.88. The number of carbonyl (C=O) groups is 1. The highest BCUT2D eigenvalue weighted by Gasteiger charge is 2.21. The maximum Gasteiger partial charge on any atom is 0.373 e. The predicted octanol–water partition coefficient (Wildman–Crippen LogP) is 0.738. The second kappa shape index (κ2) is 7.59. The first-order valence-electron chi connectivity index (χ1n) is 7.43. The molecule has 1 aliphatic rings. The molecule has 1 saturated heterocycles. The van der Waals surface area contributed by atoms with Crippen LogP contribution >= 0.6 is 0 Å². The van der Waals surface area contributed by atoms with E-state index in [9.17, 15) is 4.79 Å². The van der Waals surface area contributed by atoms with E-state index in [1.54, 1.807) is 6.07 Å². The SMILES string of the molecule is CCc1oc(C(=O)OC)cc1CN1CCN(CCO)CC1. The summed E-state index contributed by atoms with van der Waals surface area (Å²) in [4.78, 5) is 16.1. The van der Waals surface area contributed by atoms with Crippen LogP contribution in [0.2, 0.25) is 0 Å². The number of β-amino-alcohol motifs (C(OH)–C–C–N with tert-alkyl or cyclic N) is 1. The minimum atomic E-state index is -0.427. The van der Waals surface area contributed by atoms with Crippen LogP contribution in [0.4, 0.5) is 0 Å². The summed E-state index contributed by atoms with van der Waals surface area (Å²) in [7, 11) is 1.36.